The maximum atomic E-state index is 13.2. The Hall–Kier alpha value is -3.49. The molecule has 1 heterocycles. The van der Waals surface area contributed by atoms with Crippen LogP contribution in [-0.2, 0) is 52.3 Å². The lowest BCUT2D eigenvalue weighted by atomic mass is 9.93. The van der Waals surface area contributed by atoms with Gasteiger partial charge in [-0.3, -0.25) is 19.2 Å². The van der Waals surface area contributed by atoms with Crippen LogP contribution in [0.5, 0.6) is 0 Å². The Morgan fingerprint density at radius 1 is 0.479 bits per heavy atom. The molecule has 0 bridgehead atoms. The minimum atomic E-state index is -0.607. The van der Waals surface area contributed by atoms with E-state index in [1.165, 1.54) is 51.4 Å². The quantitative estimate of drug-likeness (QED) is 0.0201. The topological polar surface area (TPSA) is 165 Å². The van der Waals surface area contributed by atoms with Crippen LogP contribution in [0.25, 0.3) is 0 Å². The normalized spacial score (nSPS) is 13.8. The molecule has 1 N–H and O–H groups in total. The van der Waals surface area contributed by atoms with Crippen LogP contribution in [0, 0.1) is 11.8 Å². The highest BCUT2D eigenvalue weighted by Gasteiger charge is 2.22. The first kappa shape index (κ1) is 67.5. The van der Waals surface area contributed by atoms with Gasteiger partial charge in [-0.2, -0.15) is 0 Å². The van der Waals surface area contributed by atoms with Gasteiger partial charge >= 0.3 is 30.0 Å². The number of amides is 1. The molecule has 2 unspecified atom stereocenters. The molecule has 1 saturated heterocycles. The van der Waals surface area contributed by atoms with Crippen molar-refractivity contribution in [2.45, 2.75) is 246 Å². The van der Waals surface area contributed by atoms with Crippen molar-refractivity contribution < 1.29 is 57.1 Å². The average molecular weight is 1040 g/mol. The maximum absolute atomic E-state index is 13.2. The van der Waals surface area contributed by atoms with Crippen LogP contribution in [0.4, 0.5) is 4.79 Å². The van der Waals surface area contributed by atoms with Crippen molar-refractivity contribution in [3.05, 3.63) is 24.3 Å². The molecule has 0 spiro atoms. The number of carbonyl (C=O) groups is 5. The molecule has 0 aromatic heterocycles. The van der Waals surface area contributed by atoms with Crippen molar-refractivity contribution in [3.8, 4) is 0 Å². The number of hydrogen-bond donors (Lipinski definition) is 1. The van der Waals surface area contributed by atoms with Gasteiger partial charge in [-0.15, -0.1) is 0 Å². The molecule has 2 atom stereocenters. The molecule has 1 fully saturated rings. The first-order chi connectivity index (χ1) is 35.6. The number of nitrogens with zero attached hydrogens (tertiary/aromatic N) is 1. The third-order valence-corrected chi connectivity index (χ3v) is 13.2. The molecule has 1 aliphatic heterocycles. The van der Waals surface area contributed by atoms with Crippen molar-refractivity contribution in [2.24, 2.45) is 11.8 Å². The number of unbranched alkanes of at least 4 members (excludes halogenated alkanes) is 11. The Kier molecular flexibility index (Phi) is 45.7. The summed E-state index contributed by atoms with van der Waals surface area (Å²) in [5.41, 5.74) is 0. The van der Waals surface area contributed by atoms with Gasteiger partial charge in [-0.05, 0) is 122 Å². The molecule has 0 saturated carbocycles. The number of carbonyl (C=O) groups excluding carboxylic acids is 5. The zero-order valence-electron chi connectivity index (χ0n) is 47.0. The Balaban J connectivity index is 2.80. The lowest BCUT2D eigenvalue weighted by Gasteiger charge is -2.20. The summed E-state index contributed by atoms with van der Waals surface area (Å²) >= 11 is 0. The molecular formula is C59H106N2O12. The van der Waals surface area contributed by atoms with Crippen LogP contribution >= 0.6 is 0 Å². The summed E-state index contributed by atoms with van der Waals surface area (Å²) in [6.07, 6.45) is 33.2. The van der Waals surface area contributed by atoms with E-state index in [9.17, 15) is 24.0 Å². The van der Waals surface area contributed by atoms with Gasteiger partial charge < -0.3 is 43.4 Å². The summed E-state index contributed by atoms with van der Waals surface area (Å²) < 4.78 is 40.6. The minimum absolute atomic E-state index is 0.0318. The van der Waals surface area contributed by atoms with E-state index >= 15 is 0 Å². The molecule has 424 valence electrons. The summed E-state index contributed by atoms with van der Waals surface area (Å²) in [7, 11) is 0. The van der Waals surface area contributed by atoms with Gasteiger partial charge in [0.2, 0.25) is 0 Å². The molecule has 0 aromatic carbocycles. The molecule has 14 heteroatoms. The fourth-order valence-electron chi connectivity index (χ4n) is 8.57. The van der Waals surface area contributed by atoms with E-state index < -0.39 is 42.3 Å². The average Bonchev–Trinajstić information content (AvgIpc) is 3.91. The number of likely N-dealkylation sites (tertiary alicyclic amines) is 1. The van der Waals surface area contributed by atoms with E-state index in [-0.39, 0.29) is 45.1 Å². The molecule has 14 nitrogen and oxygen atoms in total. The zero-order chi connectivity index (χ0) is 53.3. The molecule has 1 amide bonds. The predicted molar refractivity (Wildman–Crippen MR) is 291 cm³/mol. The number of rotatable bonds is 50. The number of esters is 4. The Bertz CT molecular complexity index is 1390. The van der Waals surface area contributed by atoms with Crippen LogP contribution in [0.1, 0.15) is 234 Å². The van der Waals surface area contributed by atoms with E-state index in [2.05, 4.69) is 69.1 Å². The van der Waals surface area contributed by atoms with Gasteiger partial charge in [0.25, 0.3) is 0 Å². The molecule has 73 heavy (non-hydrogen) atoms. The van der Waals surface area contributed by atoms with Crippen LogP contribution in [0.3, 0.4) is 0 Å². The fraction of sp³-hybridized carbons (Fsp3) is 0.847. The Labute approximate surface area is 443 Å². The SMILES string of the molecule is CC/C=C\CCCCOC(CCC(=O)OCC(COC(=O)CCCCCC(=O)OCCC(CCCC)CCCC)COC(=O)CCC(CCCCCC)OC(=O)NCCN1CCCC1)OCCCC/C=C\CC. The van der Waals surface area contributed by atoms with E-state index in [0.29, 0.717) is 77.2 Å². The lowest BCUT2D eigenvalue weighted by molar-refractivity contribution is -0.162. The third-order valence-electron chi connectivity index (χ3n) is 13.2. The first-order valence-corrected chi connectivity index (χ1v) is 29.5. The molecule has 1 rings (SSSR count). The van der Waals surface area contributed by atoms with Gasteiger partial charge in [0.15, 0.2) is 6.29 Å². The van der Waals surface area contributed by atoms with E-state index in [1.54, 1.807) is 0 Å². The second-order valence-corrected chi connectivity index (χ2v) is 20.0. The van der Waals surface area contributed by atoms with Crippen molar-refractivity contribution in [2.75, 3.05) is 65.8 Å². The predicted octanol–water partition coefficient (Wildman–Crippen LogP) is 13.5. The second kappa shape index (κ2) is 49.4. The molecular weight excluding hydrogens is 929 g/mol. The summed E-state index contributed by atoms with van der Waals surface area (Å²) in [6, 6.07) is 0. The minimum Gasteiger partial charge on any atom is -0.466 e. The standard InChI is InChI=1S/C59H106N2O12/c1-6-11-16-19-21-29-45-68-58(69-46-30-22-20-17-12-7-2)39-38-57(65)72-50-52(48-70-55(63)35-26-23-25-34-54(62)67-47-40-51(31-14-9-4)32-15-10-5)49-71-56(64)37-36-53(33-24-18-13-8-3)73-59(66)60-41-44-61-42-27-28-43-61/h11-12,16-17,51-53,58H,6-10,13-15,18-50H2,1-5H3,(H,60,66)/b16-11-,17-12-. The van der Waals surface area contributed by atoms with Gasteiger partial charge in [0, 0.05) is 52.0 Å². The number of ether oxygens (including phenoxy) is 7. The zero-order valence-corrected chi connectivity index (χ0v) is 47.0. The highest BCUT2D eigenvalue weighted by Crippen LogP contribution is 2.21. The highest BCUT2D eigenvalue weighted by molar-refractivity contribution is 5.71. The van der Waals surface area contributed by atoms with E-state index in [0.717, 1.165) is 103 Å². The van der Waals surface area contributed by atoms with Crippen LogP contribution in [0.15, 0.2) is 24.3 Å². The third kappa shape index (κ3) is 42.4. The van der Waals surface area contributed by atoms with Gasteiger partial charge in [0.1, 0.15) is 25.9 Å². The van der Waals surface area contributed by atoms with E-state index in [1.807, 2.05) is 0 Å². The summed E-state index contributed by atoms with van der Waals surface area (Å²) in [5.74, 6) is -1.56. The maximum Gasteiger partial charge on any atom is 0.407 e. The van der Waals surface area contributed by atoms with Gasteiger partial charge in [0.05, 0.1) is 18.9 Å². The number of allylic oxidation sites excluding steroid dienone is 4. The van der Waals surface area contributed by atoms with Gasteiger partial charge in [-0.25, -0.2) is 4.79 Å². The molecule has 0 radical (unpaired) electrons. The van der Waals surface area contributed by atoms with Crippen molar-refractivity contribution in [1.29, 1.82) is 0 Å². The monoisotopic (exact) mass is 1030 g/mol. The number of hydrogen-bond acceptors (Lipinski definition) is 13. The molecule has 0 aliphatic carbocycles. The number of alkyl carbamates (subject to hydrolysis) is 1. The lowest BCUT2D eigenvalue weighted by Crippen LogP contribution is -2.35. The summed E-state index contributed by atoms with van der Waals surface area (Å²) in [6.45, 7) is 15.3. The smallest absolute Gasteiger partial charge is 0.407 e. The summed E-state index contributed by atoms with van der Waals surface area (Å²) in [5, 5.41) is 2.87. The first-order valence-electron chi connectivity index (χ1n) is 29.5. The number of nitrogens with one attached hydrogen (secondary N) is 1. The Morgan fingerprint density at radius 2 is 1.00 bits per heavy atom. The Morgan fingerprint density at radius 3 is 1.55 bits per heavy atom. The summed E-state index contributed by atoms with van der Waals surface area (Å²) in [4.78, 5) is 66.8. The van der Waals surface area contributed by atoms with Crippen LogP contribution in [-0.4, -0.2) is 113 Å². The van der Waals surface area contributed by atoms with Gasteiger partial charge in [-0.1, -0.05) is 123 Å². The second-order valence-electron chi connectivity index (χ2n) is 20.0. The van der Waals surface area contributed by atoms with Crippen LogP contribution in [0.2, 0.25) is 0 Å². The van der Waals surface area contributed by atoms with Crippen molar-refractivity contribution in [3.63, 3.8) is 0 Å². The molecule has 0 aromatic rings. The largest absolute Gasteiger partial charge is 0.466 e. The molecule has 1 aliphatic rings. The van der Waals surface area contributed by atoms with E-state index in [4.69, 9.17) is 33.2 Å². The highest BCUT2D eigenvalue weighted by atomic mass is 16.7. The van der Waals surface area contributed by atoms with Crippen LogP contribution < -0.4 is 5.32 Å². The van der Waals surface area contributed by atoms with Crippen molar-refractivity contribution >= 4 is 30.0 Å². The van der Waals surface area contributed by atoms with Crippen molar-refractivity contribution in [1.82, 2.24) is 10.2 Å². The fourth-order valence-corrected chi connectivity index (χ4v) is 8.57.